The van der Waals surface area contributed by atoms with Gasteiger partial charge in [-0.3, -0.25) is 5.43 Å². The molecule has 0 aromatic carbocycles. The molecule has 2 rings (SSSR count). The molecule has 2 heterocycles. The van der Waals surface area contributed by atoms with Crippen LogP contribution in [0.25, 0.3) is 0 Å². The molecule has 0 radical (unpaired) electrons. The van der Waals surface area contributed by atoms with Gasteiger partial charge in [0.05, 0.1) is 24.3 Å². The van der Waals surface area contributed by atoms with E-state index in [4.69, 9.17) is 10.5 Å². The van der Waals surface area contributed by atoms with Crippen molar-refractivity contribution in [2.45, 2.75) is 0 Å². The molecule has 0 saturated carbocycles. The predicted molar refractivity (Wildman–Crippen MR) is 72.7 cm³/mol. The molecule has 0 bridgehead atoms. The van der Waals surface area contributed by atoms with Gasteiger partial charge < -0.3 is 15.4 Å². The number of rotatable bonds is 3. The number of hydrazone groups is 1. The Morgan fingerprint density at radius 2 is 2.41 bits per heavy atom. The molecule has 0 aliphatic carbocycles. The van der Waals surface area contributed by atoms with Crippen LogP contribution in [-0.2, 0) is 4.74 Å². The molecule has 6 nitrogen and oxygen atoms in total. The molecule has 17 heavy (non-hydrogen) atoms. The van der Waals surface area contributed by atoms with Crippen molar-refractivity contribution in [2.24, 2.45) is 10.8 Å². The number of aromatic nitrogens is 1. The molecular formula is C9H13N5OS2. The molecule has 1 aliphatic heterocycles. The fourth-order valence-corrected chi connectivity index (χ4v) is 2.29. The van der Waals surface area contributed by atoms with Gasteiger partial charge in [0.2, 0.25) is 0 Å². The van der Waals surface area contributed by atoms with Crippen LogP contribution in [0.15, 0.2) is 11.3 Å². The Morgan fingerprint density at radius 1 is 1.65 bits per heavy atom. The first-order valence-electron chi connectivity index (χ1n) is 5.13. The van der Waals surface area contributed by atoms with Crippen molar-refractivity contribution in [1.29, 1.82) is 0 Å². The minimum absolute atomic E-state index is 0.152. The molecule has 3 N–H and O–H groups in total. The molecular weight excluding hydrogens is 258 g/mol. The molecule has 0 unspecified atom stereocenters. The summed E-state index contributed by atoms with van der Waals surface area (Å²) in [5.74, 6) is 0. The standard InChI is InChI=1S/C9H13N5OS2/c10-8(16)13-12-6-7-5-11-9(17-7)14-1-3-15-4-2-14/h5-6H,1-4H2,(H3,10,13,16)/b12-6-. The maximum Gasteiger partial charge on any atom is 0.186 e. The van der Waals surface area contributed by atoms with Crippen molar-refractivity contribution in [3.8, 4) is 0 Å². The maximum absolute atomic E-state index is 5.29. The summed E-state index contributed by atoms with van der Waals surface area (Å²) in [7, 11) is 0. The number of nitrogens with two attached hydrogens (primary N) is 1. The van der Waals surface area contributed by atoms with E-state index >= 15 is 0 Å². The third kappa shape index (κ3) is 3.62. The highest BCUT2D eigenvalue weighted by molar-refractivity contribution is 7.80. The lowest BCUT2D eigenvalue weighted by Crippen LogP contribution is -2.36. The fourth-order valence-electron chi connectivity index (χ4n) is 1.40. The minimum Gasteiger partial charge on any atom is -0.378 e. The van der Waals surface area contributed by atoms with Crippen LogP contribution in [0.4, 0.5) is 5.13 Å². The second kappa shape index (κ2) is 5.89. The summed E-state index contributed by atoms with van der Waals surface area (Å²) in [6.45, 7) is 3.28. The van der Waals surface area contributed by atoms with Gasteiger partial charge in [0, 0.05) is 19.3 Å². The summed E-state index contributed by atoms with van der Waals surface area (Å²) in [6, 6.07) is 0. The Morgan fingerprint density at radius 3 is 3.12 bits per heavy atom. The Kier molecular flexibility index (Phi) is 4.24. The summed E-state index contributed by atoms with van der Waals surface area (Å²) < 4.78 is 5.29. The van der Waals surface area contributed by atoms with E-state index in [-0.39, 0.29) is 5.11 Å². The van der Waals surface area contributed by atoms with E-state index in [9.17, 15) is 0 Å². The molecule has 0 atom stereocenters. The third-order valence-electron chi connectivity index (χ3n) is 2.16. The van der Waals surface area contributed by atoms with Crippen LogP contribution < -0.4 is 16.1 Å². The number of ether oxygens (including phenoxy) is 1. The van der Waals surface area contributed by atoms with Gasteiger partial charge in [0.15, 0.2) is 10.2 Å². The second-order valence-electron chi connectivity index (χ2n) is 3.38. The second-order valence-corrected chi connectivity index (χ2v) is 4.86. The molecule has 8 heteroatoms. The highest BCUT2D eigenvalue weighted by Crippen LogP contribution is 2.21. The largest absolute Gasteiger partial charge is 0.378 e. The van der Waals surface area contributed by atoms with Crippen molar-refractivity contribution in [2.75, 3.05) is 31.2 Å². The predicted octanol–water partition coefficient (Wildman–Crippen LogP) is 0.147. The molecule has 1 fully saturated rings. The highest BCUT2D eigenvalue weighted by atomic mass is 32.1. The Balaban J connectivity index is 1.95. The number of hydrogen-bond donors (Lipinski definition) is 2. The number of nitrogens with zero attached hydrogens (tertiary/aromatic N) is 3. The van der Waals surface area contributed by atoms with E-state index in [2.05, 4.69) is 32.6 Å². The molecule has 0 spiro atoms. The molecule has 1 aromatic heterocycles. The summed E-state index contributed by atoms with van der Waals surface area (Å²) in [6.07, 6.45) is 3.43. The van der Waals surface area contributed by atoms with Crippen molar-refractivity contribution < 1.29 is 4.74 Å². The van der Waals surface area contributed by atoms with Crippen molar-refractivity contribution in [1.82, 2.24) is 10.4 Å². The lowest BCUT2D eigenvalue weighted by molar-refractivity contribution is 0.122. The first-order valence-corrected chi connectivity index (χ1v) is 6.35. The van der Waals surface area contributed by atoms with Crippen molar-refractivity contribution >= 4 is 40.0 Å². The smallest absolute Gasteiger partial charge is 0.186 e. The maximum atomic E-state index is 5.29. The van der Waals surface area contributed by atoms with Gasteiger partial charge in [-0.25, -0.2) is 4.98 Å². The van der Waals surface area contributed by atoms with E-state index < -0.39 is 0 Å². The zero-order valence-corrected chi connectivity index (χ0v) is 10.8. The number of thiocarbonyl (C=S) groups is 1. The molecule has 1 saturated heterocycles. The first kappa shape index (κ1) is 12.2. The number of nitrogens with one attached hydrogen (secondary N) is 1. The van der Waals surface area contributed by atoms with Gasteiger partial charge >= 0.3 is 0 Å². The van der Waals surface area contributed by atoms with Gasteiger partial charge in [0.25, 0.3) is 0 Å². The topological polar surface area (TPSA) is 75.8 Å². The summed E-state index contributed by atoms with van der Waals surface area (Å²) in [5, 5.41) is 5.03. The van der Waals surface area contributed by atoms with Crippen molar-refractivity contribution in [3.63, 3.8) is 0 Å². The monoisotopic (exact) mass is 271 g/mol. The van der Waals surface area contributed by atoms with Crippen LogP contribution >= 0.6 is 23.6 Å². The lowest BCUT2D eigenvalue weighted by Gasteiger charge is -2.25. The third-order valence-corrected chi connectivity index (χ3v) is 3.24. The van der Waals surface area contributed by atoms with E-state index in [1.54, 1.807) is 23.7 Å². The normalized spacial score (nSPS) is 16.4. The van der Waals surface area contributed by atoms with Crippen LogP contribution in [-0.4, -0.2) is 42.6 Å². The Hall–Kier alpha value is -1.25. The first-order chi connectivity index (χ1) is 8.25. The number of anilines is 1. The SMILES string of the molecule is NC(=S)N/N=C\c1cnc(N2CCOCC2)s1. The Bertz CT molecular complexity index is 413. The van der Waals surface area contributed by atoms with Gasteiger partial charge in [-0.1, -0.05) is 11.3 Å². The fraction of sp³-hybridized carbons (Fsp3) is 0.444. The average Bonchev–Trinajstić information content (AvgIpc) is 2.78. The average molecular weight is 271 g/mol. The van der Waals surface area contributed by atoms with Crippen LogP contribution in [0.2, 0.25) is 0 Å². The molecule has 1 aromatic rings. The summed E-state index contributed by atoms with van der Waals surface area (Å²) in [4.78, 5) is 7.50. The van der Waals surface area contributed by atoms with Gasteiger partial charge in [0.1, 0.15) is 0 Å². The summed E-state index contributed by atoms with van der Waals surface area (Å²) >= 11 is 6.21. The highest BCUT2D eigenvalue weighted by Gasteiger charge is 2.13. The number of morpholine rings is 1. The zero-order chi connectivity index (χ0) is 12.1. The molecule has 0 amide bonds. The summed E-state index contributed by atoms with van der Waals surface area (Å²) in [5.41, 5.74) is 7.76. The molecule has 1 aliphatic rings. The van der Waals surface area contributed by atoms with E-state index in [0.717, 1.165) is 36.3 Å². The van der Waals surface area contributed by atoms with Crippen LogP contribution in [0.1, 0.15) is 4.88 Å². The number of hydrogen-bond acceptors (Lipinski definition) is 6. The molecule has 92 valence electrons. The van der Waals surface area contributed by atoms with Gasteiger partial charge in [-0.05, 0) is 12.2 Å². The Labute approximate surface area is 108 Å². The van der Waals surface area contributed by atoms with Crippen LogP contribution in [0, 0.1) is 0 Å². The van der Waals surface area contributed by atoms with Gasteiger partial charge in [-0.15, -0.1) is 0 Å². The van der Waals surface area contributed by atoms with Crippen molar-refractivity contribution in [3.05, 3.63) is 11.1 Å². The minimum atomic E-state index is 0.152. The number of thiazole rings is 1. The van der Waals surface area contributed by atoms with Crippen LogP contribution in [0.5, 0.6) is 0 Å². The lowest BCUT2D eigenvalue weighted by atomic mass is 10.5. The zero-order valence-electron chi connectivity index (χ0n) is 9.13. The van der Waals surface area contributed by atoms with Crippen LogP contribution in [0.3, 0.4) is 0 Å². The quantitative estimate of drug-likeness (QED) is 0.463. The van der Waals surface area contributed by atoms with E-state index in [1.165, 1.54) is 0 Å². The van der Waals surface area contributed by atoms with E-state index in [0.29, 0.717) is 0 Å². The van der Waals surface area contributed by atoms with E-state index in [1.807, 2.05) is 0 Å². The van der Waals surface area contributed by atoms with Gasteiger partial charge in [-0.2, -0.15) is 5.10 Å².